The second kappa shape index (κ2) is 3.14. The molecule has 0 atom stereocenters. The van der Waals surface area contributed by atoms with Crippen LogP contribution in [0.1, 0.15) is 11.1 Å². The van der Waals surface area contributed by atoms with Gasteiger partial charge in [0.2, 0.25) is 0 Å². The molecule has 1 heterocycles. The molecule has 52 valence electrons. The molecular weight excluding hydrogens is 206 g/mol. The normalized spacial score (nSPS) is 8.27. The van der Waals surface area contributed by atoms with E-state index in [1.165, 1.54) is 12.4 Å². The highest BCUT2D eigenvalue weighted by atomic mass is 79.9. The molecule has 0 aromatic carbocycles. The van der Waals surface area contributed by atoms with Gasteiger partial charge in [0.15, 0.2) is 0 Å². The van der Waals surface area contributed by atoms with Gasteiger partial charge < -0.3 is 0 Å². The van der Waals surface area contributed by atoms with Crippen LogP contribution in [0.15, 0.2) is 16.9 Å². The molecule has 0 radical (unpaired) electrons. The summed E-state index contributed by atoms with van der Waals surface area (Å²) in [6, 6.07) is 3.82. The maximum atomic E-state index is 8.51. The van der Waals surface area contributed by atoms with Crippen LogP contribution in [-0.4, -0.2) is 4.98 Å². The van der Waals surface area contributed by atoms with Gasteiger partial charge in [-0.15, -0.1) is 0 Å². The third kappa shape index (κ3) is 1.36. The van der Waals surface area contributed by atoms with Crippen LogP contribution in [-0.2, 0) is 0 Å². The third-order valence-electron chi connectivity index (χ3n) is 1.12. The minimum atomic E-state index is 0.379. The average Bonchev–Trinajstić information content (AvgIpc) is 2.05. The summed E-state index contributed by atoms with van der Waals surface area (Å²) < 4.78 is 0.512. The van der Waals surface area contributed by atoms with Gasteiger partial charge in [0.1, 0.15) is 12.1 Å². The highest BCUT2D eigenvalue weighted by Crippen LogP contribution is 2.18. The van der Waals surface area contributed by atoms with E-state index in [2.05, 4.69) is 20.9 Å². The van der Waals surface area contributed by atoms with E-state index in [-0.39, 0.29) is 0 Å². The molecule has 0 saturated heterocycles. The predicted molar refractivity (Wildman–Crippen MR) is 41.4 cm³/mol. The van der Waals surface area contributed by atoms with Crippen LogP contribution in [0.4, 0.5) is 0 Å². The topological polar surface area (TPSA) is 60.5 Å². The Kier molecular flexibility index (Phi) is 2.20. The van der Waals surface area contributed by atoms with Crippen LogP contribution in [0.3, 0.4) is 0 Å². The van der Waals surface area contributed by atoms with E-state index in [1.807, 2.05) is 12.1 Å². The number of pyridine rings is 1. The summed E-state index contributed by atoms with van der Waals surface area (Å²) in [4.78, 5) is 3.71. The van der Waals surface area contributed by atoms with E-state index in [0.717, 1.165) is 0 Å². The number of rotatable bonds is 0. The molecule has 0 bridgehead atoms. The number of hydrogen-bond acceptors (Lipinski definition) is 3. The highest BCUT2D eigenvalue weighted by molar-refractivity contribution is 9.10. The maximum Gasteiger partial charge on any atom is 0.102 e. The number of hydrogen-bond donors (Lipinski definition) is 0. The summed E-state index contributed by atoms with van der Waals surface area (Å²) in [5.74, 6) is 0. The van der Waals surface area contributed by atoms with E-state index in [9.17, 15) is 0 Å². The lowest BCUT2D eigenvalue weighted by Gasteiger charge is -1.93. The molecule has 1 rings (SSSR count). The van der Waals surface area contributed by atoms with Crippen molar-refractivity contribution in [1.29, 1.82) is 10.5 Å². The zero-order valence-electron chi connectivity index (χ0n) is 5.37. The second-order valence-electron chi connectivity index (χ2n) is 1.77. The molecule has 0 unspecified atom stereocenters. The van der Waals surface area contributed by atoms with Gasteiger partial charge >= 0.3 is 0 Å². The lowest BCUT2D eigenvalue weighted by atomic mass is 10.2. The van der Waals surface area contributed by atoms with Crippen molar-refractivity contribution in [3.8, 4) is 12.1 Å². The molecule has 11 heavy (non-hydrogen) atoms. The molecule has 0 spiro atoms. The van der Waals surface area contributed by atoms with E-state index in [0.29, 0.717) is 15.6 Å². The van der Waals surface area contributed by atoms with Crippen molar-refractivity contribution >= 4 is 15.9 Å². The lowest BCUT2D eigenvalue weighted by molar-refractivity contribution is 1.26. The Bertz CT molecular complexity index is 327. The Labute approximate surface area is 72.0 Å². The van der Waals surface area contributed by atoms with Crippen molar-refractivity contribution in [2.75, 3.05) is 0 Å². The van der Waals surface area contributed by atoms with Crippen LogP contribution >= 0.6 is 15.9 Å². The monoisotopic (exact) mass is 207 g/mol. The van der Waals surface area contributed by atoms with Crippen LogP contribution in [0.25, 0.3) is 0 Å². The smallest absolute Gasteiger partial charge is 0.102 e. The summed E-state index contributed by atoms with van der Waals surface area (Å²) in [5.41, 5.74) is 0.758. The van der Waals surface area contributed by atoms with Gasteiger partial charge in [-0.3, -0.25) is 4.98 Å². The zero-order chi connectivity index (χ0) is 8.27. The average molecular weight is 208 g/mol. The predicted octanol–water partition coefficient (Wildman–Crippen LogP) is 1.59. The number of aromatic nitrogens is 1. The van der Waals surface area contributed by atoms with E-state index in [4.69, 9.17) is 10.5 Å². The molecule has 0 fully saturated rings. The van der Waals surface area contributed by atoms with Crippen molar-refractivity contribution in [1.82, 2.24) is 4.98 Å². The van der Waals surface area contributed by atoms with Crippen molar-refractivity contribution in [2.45, 2.75) is 0 Å². The molecule has 0 N–H and O–H groups in total. The van der Waals surface area contributed by atoms with E-state index < -0.39 is 0 Å². The second-order valence-corrected chi connectivity index (χ2v) is 2.57. The quantitative estimate of drug-likeness (QED) is 0.650. The molecule has 0 saturated carbocycles. The van der Waals surface area contributed by atoms with Crippen LogP contribution in [0.2, 0.25) is 0 Å². The molecule has 0 aliphatic heterocycles. The van der Waals surface area contributed by atoms with Crippen molar-refractivity contribution in [2.24, 2.45) is 0 Å². The van der Waals surface area contributed by atoms with Crippen molar-refractivity contribution < 1.29 is 0 Å². The minimum absolute atomic E-state index is 0.379. The Morgan fingerprint density at radius 3 is 2.00 bits per heavy atom. The summed E-state index contributed by atoms with van der Waals surface area (Å²) in [6.45, 7) is 0. The molecule has 1 aromatic heterocycles. The molecule has 1 aromatic rings. The number of halogens is 1. The van der Waals surface area contributed by atoms with Crippen LogP contribution in [0, 0.1) is 22.7 Å². The Morgan fingerprint density at radius 2 is 1.64 bits per heavy atom. The van der Waals surface area contributed by atoms with E-state index in [1.54, 1.807) is 0 Å². The van der Waals surface area contributed by atoms with Crippen LogP contribution < -0.4 is 0 Å². The molecule has 0 amide bonds. The maximum absolute atomic E-state index is 8.51. The summed E-state index contributed by atoms with van der Waals surface area (Å²) in [5, 5.41) is 17.0. The van der Waals surface area contributed by atoms with Gasteiger partial charge in [0.05, 0.1) is 15.6 Å². The lowest BCUT2D eigenvalue weighted by Crippen LogP contribution is -1.85. The van der Waals surface area contributed by atoms with Crippen molar-refractivity contribution in [3.05, 3.63) is 28.0 Å². The first kappa shape index (κ1) is 7.71. The fourth-order valence-corrected chi connectivity index (χ4v) is 0.983. The van der Waals surface area contributed by atoms with Gasteiger partial charge in [-0.1, -0.05) is 0 Å². The Hall–Kier alpha value is -1.39. The SMILES string of the molecule is N#Cc1cncc(C#N)c1Br. The van der Waals surface area contributed by atoms with Gasteiger partial charge in [0.25, 0.3) is 0 Å². The standard InChI is InChI=1S/C7H2BrN3/c8-7-5(1-9)3-11-4-6(7)2-10/h3-4H. The fraction of sp³-hybridized carbons (Fsp3) is 0. The summed E-state index contributed by atoms with van der Waals surface area (Å²) in [6.07, 6.45) is 2.82. The molecular formula is C7H2BrN3. The first-order valence-electron chi connectivity index (χ1n) is 2.73. The van der Waals surface area contributed by atoms with Gasteiger partial charge in [-0.25, -0.2) is 0 Å². The first-order chi connectivity index (χ1) is 5.29. The van der Waals surface area contributed by atoms with Gasteiger partial charge in [0, 0.05) is 12.4 Å². The molecule has 0 aliphatic rings. The summed E-state index contributed by atoms with van der Waals surface area (Å²) in [7, 11) is 0. The third-order valence-corrected chi connectivity index (χ3v) is 1.98. The number of nitriles is 2. The fourth-order valence-electron chi connectivity index (χ4n) is 0.601. The molecule has 4 heteroatoms. The van der Waals surface area contributed by atoms with Crippen LogP contribution in [0.5, 0.6) is 0 Å². The summed E-state index contributed by atoms with van der Waals surface area (Å²) >= 11 is 3.12. The van der Waals surface area contributed by atoms with Gasteiger partial charge in [-0.2, -0.15) is 10.5 Å². The molecule has 3 nitrogen and oxygen atoms in total. The first-order valence-corrected chi connectivity index (χ1v) is 3.52. The van der Waals surface area contributed by atoms with Gasteiger partial charge in [-0.05, 0) is 15.9 Å². The Morgan fingerprint density at radius 1 is 1.18 bits per heavy atom. The zero-order valence-corrected chi connectivity index (χ0v) is 6.96. The Balaban J connectivity index is 3.38. The largest absolute Gasteiger partial charge is 0.262 e. The minimum Gasteiger partial charge on any atom is -0.262 e. The van der Waals surface area contributed by atoms with E-state index >= 15 is 0 Å². The highest BCUT2D eigenvalue weighted by Gasteiger charge is 2.03. The van der Waals surface area contributed by atoms with Crippen molar-refractivity contribution in [3.63, 3.8) is 0 Å². The number of nitrogens with zero attached hydrogens (tertiary/aromatic N) is 3. The molecule has 0 aliphatic carbocycles.